The maximum atomic E-state index is 13.2. The van der Waals surface area contributed by atoms with E-state index in [1.54, 1.807) is 4.90 Å². The van der Waals surface area contributed by atoms with Gasteiger partial charge in [-0.3, -0.25) is 14.9 Å². The Morgan fingerprint density at radius 1 is 1.29 bits per heavy atom. The van der Waals surface area contributed by atoms with Crippen LogP contribution in [0.25, 0.3) is 11.0 Å². The maximum Gasteiger partial charge on any atom is 0.349 e. The monoisotopic (exact) mass is 380 g/mol. The minimum atomic E-state index is -0.818. The van der Waals surface area contributed by atoms with Gasteiger partial charge in [0, 0.05) is 23.2 Å². The second kappa shape index (κ2) is 6.49. The zero-order valence-corrected chi connectivity index (χ0v) is 15.2. The molecule has 0 spiro atoms. The van der Waals surface area contributed by atoms with E-state index >= 15 is 0 Å². The van der Waals surface area contributed by atoms with Crippen LogP contribution in [0.15, 0.2) is 51.7 Å². The van der Waals surface area contributed by atoms with Gasteiger partial charge in [-0.05, 0) is 31.0 Å². The zero-order chi connectivity index (χ0) is 20.0. The molecule has 0 aliphatic carbocycles. The Bertz CT molecular complexity index is 1180. The molecule has 0 radical (unpaired) electrons. The van der Waals surface area contributed by atoms with Gasteiger partial charge in [0.05, 0.1) is 18.1 Å². The van der Waals surface area contributed by atoms with E-state index in [0.29, 0.717) is 6.42 Å². The van der Waals surface area contributed by atoms with Crippen molar-refractivity contribution in [3.63, 3.8) is 0 Å². The predicted octanol–water partition coefficient (Wildman–Crippen LogP) is 3.30. The molecule has 1 amide bonds. The molecule has 8 heteroatoms. The molecular weight excluding hydrogens is 364 g/mol. The van der Waals surface area contributed by atoms with Gasteiger partial charge in [0.25, 0.3) is 11.6 Å². The molecule has 4 rings (SSSR count). The topological polar surface area (TPSA) is 103 Å². The van der Waals surface area contributed by atoms with Crippen LogP contribution < -0.4 is 15.3 Å². The summed E-state index contributed by atoms with van der Waals surface area (Å²) in [6, 6.07) is 11.1. The van der Waals surface area contributed by atoms with Crippen LogP contribution in [0.4, 0.5) is 11.4 Å². The summed E-state index contributed by atoms with van der Waals surface area (Å²) in [7, 11) is 1.32. The Hall–Kier alpha value is -3.68. The fraction of sp³-hybridized carbons (Fsp3) is 0.200. The third-order valence-electron chi connectivity index (χ3n) is 4.87. The van der Waals surface area contributed by atoms with Crippen molar-refractivity contribution in [2.24, 2.45) is 0 Å². The third-order valence-corrected chi connectivity index (χ3v) is 4.87. The standard InChI is InChI=1S/C20H16N2O6/c1-11-7-12-5-3-4-6-16(12)21(11)19(23)15-9-13-8-14(22(25)26)10-17(27-2)18(13)28-20(15)24/h3-6,8-11H,7H2,1-2H3/t11-/m0/s1. The van der Waals surface area contributed by atoms with Gasteiger partial charge >= 0.3 is 5.63 Å². The van der Waals surface area contributed by atoms with E-state index in [1.165, 1.54) is 25.3 Å². The molecule has 2 aromatic carbocycles. The number of ether oxygens (including phenoxy) is 1. The summed E-state index contributed by atoms with van der Waals surface area (Å²) in [5.74, 6) is -0.446. The number of methoxy groups -OCH3 is 1. The number of fused-ring (bicyclic) bond motifs is 2. The van der Waals surface area contributed by atoms with Crippen molar-refractivity contribution in [2.75, 3.05) is 12.0 Å². The number of rotatable bonds is 3. The molecule has 0 fully saturated rings. The van der Waals surface area contributed by atoms with E-state index in [1.807, 2.05) is 31.2 Å². The Kier molecular flexibility index (Phi) is 4.11. The number of nitro groups is 1. The first-order valence-corrected chi connectivity index (χ1v) is 8.62. The molecule has 1 atom stereocenters. The van der Waals surface area contributed by atoms with Crippen molar-refractivity contribution in [3.8, 4) is 5.75 Å². The Morgan fingerprint density at radius 2 is 2.04 bits per heavy atom. The van der Waals surface area contributed by atoms with Crippen molar-refractivity contribution >= 4 is 28.3 Å². The number of carbonyl (C=O) groups excluding carboxylic acids is 1. The van der Waals surface area contributed by atoms with Gasteiger partial charge in [-0.15, -0.1) is 0 Å². The number of nitro benzene ring substituents is 1. The summed E-state index contributed by atoms with van der Waals surface area (Å²) in [6.07, 6.45) is 0.681. The lowest BCUT2D eigenvalue weighted by molar-refractivity contribution is -0.384. The number of para-hydroxylation sites is 1. The summed E-state index contributed by atoms with van der Waals surface area (Å²) < 4.78 is 10.4. The van der Waals surface area contributed by atoms with E-state index < -0.39 is 16.5 Å². The van der Waals surface area contributed by atoms with Crippen molar-refractivity contribution < 1.29 is 18.9 Å². The smallest absolute Gasteiger partial charge is 0.349 e. The lowest BCUT2D eigenvalue weighted by atomic mass is 10.1. The van der Waals surface area contributed by atoms with E-state index in [-0.39, 0.29) is 34.0 Å². The minimum absolute atomic E-state index is 0.0557. The van der Waals surface area contributed by atoms with Crippen LogP contribution in [0, 0.1) is 10.1 Å². The Balaban J connectivity index is 1.87. The molecule has 1 aromatic heterocycles. The van der Waals surface area contributed by atoms with Crippen molar-refractivity contribution in [3.05, 3.63) is 74.1 Å². The molecule has 1 aliphatic rings. The highest BCUT2D eigenvalue weighted by atomic mass is 16.6. The molecule has 2 heterocycles. The molecule has 28 heavy (non-hydrogen) atoms. The summed E-state index contributed by atoms with van der Waals surface area (Å²) >= 11 is 0. The predicted molar refractivity (Wildman–Crippen MR) is 102 cm³/mol. The fourth-order valence-electron chi connectivity index (χ4n) is 3.60. The van der Waals surface area contributed by atoms with Gasteiger partial charge < -0.3 is 14.1 Å². The molecule has 0 saturated heterocycles. The number of nitrogens with zero attached hydrogens (tertiary/aromatic N) is 2. The van der Waals surface area contributed by atoms with Gasteiger partial charge in [0.1, 0.15) is 5.56 Å². The number of anilines is 1. The molecule has 142 valence electrons. The molecule has 0 saturated carbocycles. The quantitative estimate of drug-likeness (QED) is 0.392. The van der Waals surface area contributed by atoms with Gasteiger partial charge in [-0.25, -0.2) is 4.79 Å². The lowest BCUT2D eigenvalue weighted by Gasteiger charge is -2.22. The SMILES string of the molecule is COc1cc([N+](=O)[O-])cc2cc(C(=O)N3c4ccccc4C[C@@H]3C)c(=O)oc12. The van der Waals surface area contributed by atoms with Crippen molar-refractivity contribution in [1.82, 2.24) is 0 Å². The number of amides is 1. The van der Waals surface area contributed by atoms with Crippen LogP contribution in [0.2, 0.25) is 0 Å². The number of non-ortho nitro benzene ring substituents is 1. The second-order valence-corrected chi connectivity index (χ2v) is 6.63. The molecule has 8 nitrogen and oxygen atoms in total. The van der Waals surface area contributed by atoms with Crippen LogP contribution in [-0.4, -0.2) is 24.0 Å². The average molecular weight is 380 g/mol. The van der Waals surface area contributed by atoms with Crippen molar-refractivity contribution in [1.29, 1.82) is 0 Å². The highest BCUT2D eigenvalue weighted by Gasteiger charge is 2.33. The van der Waals surface area contributed by atoms with Crippen LogP contribution in [0.1, 0.15) is 22.8 Å². The molecule has 0 unspecified atom stereocenters. The van der Waals surface area contributed by atoms with E-state index in [0.717, 1.165) is 11.3 Å². The van der Waals surface area contributed by atoms with Crippen LogP contribution >= 0.6 is 0 Å². The van der Waals surface area contributed by atoms with Crippen molar-refractivity contribution in [2.45, 2.75) is 19.4 Å². The third kappa shape index (κ3) is 2.70. The van der Waals surface area contributed by atoms with E-state index in [4.69, 9.17) is 9.15 Å². The number of hydrogen-bond donors (Lipinski definition) is 0. The maximum absolute atomic E-state index is 13.2. The largest absolute Gasteiger partial charge is 0.493 e. The molecular formula is C20H16N2O6. The zero-order valence-electron chi connectivity index (χ0n) is 15.2. The summed E-state index contributed by atoms with van der Waals surface area (Å²) in [5, 5.41) is 11.4. The van der Waals surface area contributed by atoms with Gasteiger partial charge in [-0.2, -0.15) is 0 Å². The van der Waals surface area contributed by atoms with Crippen LogP contribution in [-0.2, 0) is 6.42 Å². The van der Waals surface area contributed by atoms with Gasteiger partial charge in [-0.1, -0.05) is 18.2 Å². The minimum Gasteiger partial charge on any atom is -0.493 e. The number of benzene rings is 2. The van der Waals surface area contributed by atoms with Gasteiger partial charge in [0.2, 0.25) is 0 Å². The highest BCUT2D eigenvalue weighted by Crippen LogP contribution is 2.34. The summed E-state index contributed by atoms with van der Waals surface area (Å²) in [6.45, 7) is 1.90. The molecule has 1 aliphatic heterocycles. The molecule has 0 N–H and O–H groups in total. The molecule has 3 aromatic rings. The first-order valence-electron chi connectivity index (χ1n) is 8.62. The number of carbonyl (C=O) groups is 1. The van der Waals surface area contributed by atoms with Crippen LogP contribution in [0.3, 0.4) is 0 Å². The summed E-state index contributed by atoms with van der Waals surface area (Å²) in [5.41, 5.74) is 0.600. The average Bonchev–Trinajstić information content (AvgIpc) is 3.01. The van der Waals surface area contributed by atoms with Crippen LogP contribution in [0.5, 0.6) is 5.75 Å². The Labute approximate surface area is 159 Å². The fourth-order valence-corrected chi connectivity index (χ4v) is 3.60. The first-order chi connectivity index (χ1) is 13.4. The lowest BCUT2D eigenvalue weighted by Crippen LogP contribution is -2.38. The highest BCUT2D eigenvalue weighted by molar-refractivity contribution is 6.09. The molecule has 0 bridgehead atoms. The first kappa shape index (κ1) is 17.7. The van der Waals surface area contributed by atoms with E-state index in [9.17, 15) is 19.7 Å². The van der Waals surface area contributed by atoms with Gasteiger partial charge in [0.15, 0.2) is 11.3 Å². The Morgan fingerprint density at radius 3 is 2.75 bits per heavy atom. The normalized spacial score (nSPS) is 15.5. The number of hydrogen-bond acceptors (Lipinski definition) is 6. The second-order valence-electron chi connectivity index (χ2n) is 6.63. The van der Waals surface area contributed by atoms with E-state index in [2.05, 4.69) is 0 Å². The summed E-state index contributed by atoms with van der Waals surface area (Å²) in [4.78, 5) is 37.8.